The molecule has 8 heteroatoms. The minimum atomic E-state index is -0.499. The summed E-state index contributed by atoms with van der Waals surface area (Å²) in [5, 5.41) is 0. The van der Waals surface area contributed by atoms with Gasteiger partial charge in [-0.3, -0.25) is 9.69 Å². The van der Waals surface area contributed by atoms with E-state index in [0.29, 0.717) is 23.0 Å². The fourth-order valence-corrected chi connectivity index (χ4v) is 4.74. The van der Waals surface area contributed by atoms with Gasteiger partial charge in [-0.05, 0) is 76.2 Å². The molecule has 0 atom stereocenters. The fraction of sp³-hybridized carbons (Fsp3) is 0.0833. The number of nitrogens with zero attached hydrogens (tertiary/aromatic N) is 1. The minimum Gasteiger partial charge on any atom is -0.493 e. The van der Waals surface area contributed by atoms with Gasteiger partial charge < -0.3 is 9.47 Å². The normalized spacial score (nSPS) is 14.8. The average molecular weight is 577 g/mol. The van der Waals surface area contributed by atoms with E-state index >= 15 is 0 Å². The predicted molar refractivity (Wildman–Crippen MR) is 139 cm³/mol. The number of rotatable bonds is 6. The van der Waals surface area contributed by atoms with Crippen LogP contribution in [0.4, 0.5) is 10.1 Å². The molecule has 0 aromatic heterocycles. The Kier molecular flexibility index (Phi) is 7.12. The van der Waals surface area contributed by atoms with E-state index in [9.17, 15) is 9.18 Å². The highest BCUT2D eigenvalue weighted by Gasteiger charge is 2.34. The van der Waals surface area contributed by atoms with Gasteiger partial charge in [0.1, 0.15) is 12.4 Å². The smallest absolute Gasteiger partial charge is 0.270 e. The summed E-state index contributed by atoms with van der Waals surface area (Å²) in [6, 6.07) is 19.6. The monoisotopic (exact) mass is 577 g/mol. The Morgan fingerprint density at radius 2 is 1.84 bits per heavy atom. The van der Waals surface area contributed by atoms with Crippen LogP contribution in [0.5, 0.6) is 11.5 Å². The second-order valence-corrected chi connectivity index (χ2v) is 9.72. The van der Waals surface area contributed by atoms with Crippen LogP contribution in [0.3, 0.4) is 0 Å². The van der Waals surface area contributed by atoms with Crippen molar-refractivity contribution in [2.24, 2.45) is 0 Å². The molecule has 1 saturated heterocycles. The molecule has 162 valence electrons. The average Bonchev–Trinajstić information content (AvgIpc) is 3.07. The Balaban J connectivity index is 1.54. The van der Waals surface area contributed by atoms with Crippen LogP contribution in [0, 0.1) is 9.39 Å². The van der Waals surface area contributed by atoms with Gasteiger partial charge in [-0.2, -0.15) is 0 Å². The molecular formula is C24H17FINO3S2. The summed E-state index contributed by atoms with van der Waals surface area (Å²) in [5.74, 6) is 0.292. The molecule has 32 heavy (non-hydrogen) atoms. The number of carbonyl (C=O) groups excluding carboxylic acids is 1. The van der Waals surface area contributed by atoms with Crippen LogP contribution in [-0.4, -0.2) is 17.3 Å². The summed E-state index contributed by atoms with van der Waals surface area (Å²) >= 11 is 8.72. The number of ether oxygens (including phenoxy) is 2. The highest BCUT2D eigenvalue weighted by Crippen LogP contribution is 2.38. The van der Waals surface area contributed by atoms with E-state index in [2.05, 4.69) is 22.6 Å². The highest BCUT2D eigenvalue weighted by molar-refractivity contribution is 14.1. The lowest BCUT2D eigenvalue weighted by atomic mass is 10.1. The van der Waals surface area contributed by atoms with Crippen LogP contribution in [0.1, 0.15) is 11.1 Å². The Bertz CT molecular complexity index is 1210. The number of amides is 1. The van der Waals surface area contributed by atoms with E-state index < -0.39 is 5.82 Å². The lowest BCUT2D eigenvalue weighted by molar-refractivity contribution is -0.113. The van der Waals surface area contributed by atoms with E-state index in [-0.39, 0.29) is 15.9 Å². The predicted octanol–water partition coefficient (Wildman–Crippen LogP) is 6.42. The summed E-state index contributed by atoms with van der Waals surface area (Å²) in [6.45, 7) is 0.411. The first-order chi connectivity index (χ1) is 15.5. The van der Waals surface area contributed by atoms with Crippen molar-refractivity contribution in [2.75, 3.05) is 12.0 Å². The third-order valence-electron chi connectivity index (χ3n) is 4.68. The third-order valence-corrected chi connectivity index (χ3v) is 6.70. The maximum atomic E-state index is 14.2. The van der Waals surface area contributed by atoms with E-state index in [1.54, 1.807) is 37.5 Å². The van der Waals surface area contributed by atoms with Crippen molar-refractivity contribution in [1.29, 1.82) is 0 Å². The Morgan fingerprint density at radius 1 is 1.09 bits per heavy atom. The van der Waals surface area contributed by atoms with Crippen molar-refractivity contribution in [2.45, 2.75) is 6.61 Å². The largest absolute Gasteiger partial charge is 0.493 e. The molecule has 0 N–H and O–H groups in total. The van der Waals surface area contributed by atoms with Crippen LogP contribution in [0.2, 0.25) is 0 Å². The van der Waals surface area contributed by atoms with Gasteiger partial charge in [0.2, 0.25) is 0 Å². The number of benzene rings is 3. The van der Waals surface area contributed by atoms with Crippen LogP contribution >= 0.6 is 46.6 Å². The van der Waals surface area contributed by atoms with Gasteiger partial charge in [-0.1, -0.05) is 54.3 Å². The third kappa shape index (κ3) is 4.97. The summed E-state index contributed by atoms with van der Waals surface area (Å²) < 4.78 is 27.0. The number of thiocarbonyl (C=S) groups is 1. The van der Waals surface area contributed by atoms with Gasteiger partial charge in [-0.15, -0.1) is 0 Å². The first-order valence-electron chi connectivity index (χ1n) is 9.54. The molecule has 1 amide bonds. The van der Waals surface area contributed by atoms with Crippen LogP contribution in [-0.2, 0) is 11.4 Å². The molecule has 0 unspecified atom stereocenters. The number of hydrogen-bond acceptors (Lipinski definition) is 5. The number of para-hydroxylation sites is 1. The Labute approximate surface area is 208 Å². The van der Waals surface area contributed by atoms with Crippen molar-refractivity contribution in [3.05, 3.63) is 92.1 Å². The standard InChI is InChI=1S/C24H17FINO3S2/c1-29-21-12-16(8-11-20(21)30-14-15-6-9-17(26)10-7-15)13-22-23(28)27(24(31)32-22)19-5-3-2-4-18(19)25/h2-13H,14H2,1H3/b22-13+. The Hall–Kier alpha value is -2.43. The van der Waals surface area contributed by atoms with Crippen molar-refractivity contribution in [1.82, 2.24) is 0 Å². The zero-order valence-corrected chi connectivity index (χ0v) is 20.7. The van der Waals surface area contributed by atoms with Gasteiger partial charge in [0.15, 0.2) is 15.8 Å². The number of thioether (sulfide) groups is 1. The van der Waals surface area contributed by atoms with Gasteiger partial charge in [0, 0.05) is 3.57 Å². The maximum absolute atomic E-state index is 14.2. The van der Waals surface area contributed by atoms with Gasteiger partial charge in [0.25, 0.3) is 5.91 Å². The number of carbonyl (C=O) groups is 1. The zero-order chi connectivity index (χ0) is 22.7. The molecule has 0 bridgehead atoms. The molecule has 1 aliphatic rings. The van der Waals surface area contributed by atoms with E-state index in [0.717, 1.165) is 26.5 Å². The van der Waals surface area contributed by atoms with E-state index in [1.165, 1.54) is 17.0 Å². The molecule has 0 spiro atoms. The first kappa shape index (κ1) is 22.8. The van der Waals surface area contributed by atoms with Gasteiger partial charge in [-0.25, -0.2) is 4.39 Å². The van der Waals surface area contributed by atoms with Gasteiger partial charge >= 0.3 is 0 Å². The molecule has 4 nitrogen and oxygen atoms in total. The molecule has 1 fully saturated rings. The fourth-order valence-electron chi connectivity index (χ4n) is 3.09. The molecule has 0 aliphatic carbocycles. The first-order valence-corrected chi connectivity index (χ1v) is 11.8. The molecule has 4 rings (SSSR count). The second kappa shape index (κ2) is 10.0. The van der Waals surface area contributed by atoms with Crippen LogP contribution < -0.4 is 14.4 Å². The molecular weight excluding hydrogens is 560 g/mol. The number of halogens is 2. The molecule has 1 aliphatic heterocycles. The van der Waals surface area contributed by atoms with Crippen molar-refractivity contribution < 1.29 is 18.7 Å². The second-order valence-electron chi connectivity index (χ2n) is 6.79. The van der Waals surface area contributed by atoms with E-state index in [4.69, 9.17) is 21.7 Å². The summed E-state index contributed by atoms with van der Waals surface area (Å²) in [4.78, 5) is 14.5. The topological polar surface area (TPSA) is 38.8 Å². The summed E-state index contributed by atoms with van der Waals surface area (Å²) in [7, 11) is 1.56. The zero-order valence-electron chi connectivity index (χ0n) is 16.9. The molecule has 1 heterocycles. The maximum Gasteiger partial charge on any atom is 0.270 e. The molecule has 0 saturated carbocycles. The molecule has 3 aromatic carbocycles. The van der Waals surface area contributed by atoms with Crippen molar-refractivity contribution >= 4 is 68.6 Å². The van der Waals surface area contributed by atoms with Crippen molar-refractivity contribution in [3.8, 4) is 11.5 Å². The summed E-state index contributed by atoms with van der Waals surface area (Å²) in [5.41, 5.74) is 1.95. The molecule has 0 radical (unpaired) electrons. The molecule has 3 aromatic rings. The van der Waals surface area contributed by atoms with Crippen LogP contribution in [0.25, 0.3) is 6.08 Å². The van der Waals surface area contributed by atoms with E-state index in [1.807, 2.05) is 30.3 Å². The minimum absolute atomic E-state index is 0.148. The van der Waals surface area contributed by atoms with Crippen LogP contribution in [0.15, 0.2) is 71.6 Å². The highest BCUT2D eigenvalue weighted by atomic mass is 127. The van der Waals surface area contributed by atoms with Crippen molar-refractivity contribution in [3.63, 3.8) is 0 Å². The number of hydrogen-bond donors (Lipinski definition) is 0. The lowest BCUT2D eigenvalue weighted by Crippen LogP contribution is -2.28. The SMILES string of the molecule is COc1cc(/C=C2/SC(=S)N(c3ccccc3F)C2=O)ccc1OCc1ccc(I)cc1. The number of methoxy groups -OCH3 is 1. The number of anilines is 1. The van der Waals surface area contributed by atoms with Gasteiger partial charge in [0.05, 0.1) is 17.7 Å². The summed E-state index contributed by atoms with van der Waals surface area (Å²) in [6.07, 6.45) is 1.71. The lowest BCUT2D eigenvalue weighted by Gasteiger charge is -2.15. The Morgan fingerprint density at radius 3 is 2.56 bits per heavy atom. The quantitative estimate of drug-likeness (QED) is 0.192.